The molecule has 82 valence electrons. The molecule has 0 N–H and O–H groups in total. The zero-order chi connectivity index (χ0) is 11.7. The normalized spacial score (nSPS) is 12.6. The van der Waals surface area contributed by atoms with Gasteiger partial charge in [-0.15, -0.1) is 0 Å². The van der Waals surface area contributed by atoms with Crippen molar-refractivity contribution in [2.45, 2.75) is 13.0 Å². The maximum atomic E-state index is 11.9. The lowest BCUT2D eigenvalue weighted by Gasteiger charge is -2.14. The molecule has 16 heavy (non-hydrogen) atoms. The molecule has 1 aromatic carbocycles. The molecule has 0 radical (unpaired) electrons. The molecule has 0 saturated heterocycles. The zero-order valence-corrected chi connectivity index (χ0v) is 8.58. The van der Waals surface area contributed by atoms with Crippen molar-refractivity contribution >= 4 is 16.7 Å². The lowest BCUT2D eigenvalue weighted by atomic mass is 10.2. The summed E-state index contributed by atoms with van der Waals surface area (Å²) in [6.45, 7) is 1.36. The molecule has 2 aromatic rings. The maximum Gasteiger partial charge on any atom is 0.275 e. The van der Waals surface area contributed by atoms with Gasteiger partial charge in [-0.1, -0.05) is 18.2 Å². The van der Waals surface area contributed by atoms with Crippen molar-refractivity contribution < 1.29 is 9.90 Å². The highest BCUT2D eigenvalue weighted by Gasteiger charge is 2.10. The van der Waals surface area contributed by atoms with Gasteiger partial charge in [0.05, 0.1) is 23.6 Å². The number of nitrogens with zero attached hydrogens (tertiary/aromatic N) is 2. The third-order valence-electron chi connectivity index (χ3n) is 2.43. The number of rotatable bonds is 2. The van der Waals surface area contributed by atoms with Gasteiger partial charge < -0.3 is 9.90 Å². The van der Waals surface area contributed by atoms with Gasteiger partial charge in [0.25, 0.3) is 5.56 Å². The smallest absolute Gasteiger partial charge is 0.275 e. The highest BCUT2D eigenvalue weighted by atomic mass is 16.4. The quantitative estimate of drug-likeness (QED) is 0.692. The number of aromatic nitrogens is 2. The Morgan fingerprint density at radius 3 is 2.81 bits per heavy atom. The van der Waals surface area contributed by atoms with Gasteiger partial charge in [0.2, 0.25) is 0 Å². The fraction of sp³-hybridized carbons (Fsp3) is 0.182. The number of hydrogen-bond donors (Lipinski definition) is 0. The van der Waals surface area contributed by atoms with E-state index in [4.69, 9.17) is 0 Å². The van der Waals surface area contributed by atoms with E-state index in [2.05, 4.69) is 5.10 Å². The minimum Gasteiger partial charge on any atom is -0.548 e. The van der Waals surface area contributed by atoms with Crippen molar-refractivity contribution in [1.82, 2.24) is 9.78 Å². The molecule has 0 bridgehead atoms. The molecule has 0 amide bonds. The number of carboxylic acid groups (broad SMARTS) is 1. The minimum atomic E-state index is -1.33. The first-order valence-corrected chi connectivity index (χ1v) is 4.78. The van der Waals surface area contributed by atoms with E-state index in [1.165, 1.54) is 13.1 Å². The molecule has 5 heteroatoms. The van der Waals surface area contributed by atoms with Gasteiger partial charge in [-0.05, 0) is 13.0 Å². The summed E-state index contributed by atoms with van der Waals surface area (Å²) in [4.78, 5) is 22.6. The molecular formula is C11H9N2O3-. The fourth-order valence-electron chi connectivity index (χ4n) is 1.48. The molecule has 1 aromatic heterocycles. The number of carbonyl (C=O) groups excluding carboxylic acids is 1. The first-order valence-electron chi connectivity index (χ1n) is 4.78. The van der Waals surface area contributed by atoms with E-state index < -0.39 is 17.6 Å². The standard InChI is InChI=1S/C11H10N2O3/c1-7(11(15)16)13-10(14)9-5-3-2-4-8(9)6-12-13/h2-7H,1H3,(H,15,16)/p-1/t7-/m0/s1. The van der Waals surface area contributed by atoms with Gasteiger partial charge in [0.1, 0.15) is 0 Å². The van der Waals surface area contributed by atoms with E-state index in [0.717, 1.165) is 4.68 Å². The van der Waals surface area contributed by atoms with Crippen LogP contribution < -0.4 is 10.7 Å². The van der Waals surface area contributed by atoms with Crippen molar-refractivity contribution in [2.75, 3.05) is 0 Å². The van der Waals surface area contributed by atoms with Crippen LogP contribution in [-0.4, -0.2) is 15.7 Å². The zero-order valence-electron chi connectivity index (χ0n) is 8.58. The molecule has 2 rings (SSSR count). The van der Waals surface area contributed by atoms with Crippen LogP contribution in [0.4, 0.5) is 0 Å². The SMILES string of the molecule is C[C@@H](C(=O)[O-])n1ncc2ccccc2c1=O. The summed E-state index contributed by atoms with van der Waals surface area (Å²) >= 11 is 0. The summed E-state index contributed by atoms with van der Waals surface area (Å²) in [5.74, 6) is -1.33. The first kappa shape index (κ1) is 10.4. The third-order valence-corrected chi connectivity index (χ3v) is 2.43. The molecule has 0 saturated carbocycles. The van der Waals surface area contributed by atoms with Crippen LogP contribution in [0.1, 0.15) is 13.0 Å². The van der Waals surface area contributed by atoms with Crippen LogP contribution in [0.25, 0.3) is 10.8 Å². The molecule has 0 unspecified atom stereocenters. The van der Waals surface area contributed by atoms with Crippen molar-refractivity contribution in [3.63, 3.8) is 0 Å². The van der Waals surface area contributed by atoms with Gasteiger partial charge in [0, 0.05) is 5.39 Å². The molecule has 1 heterocycles. The summed E-state index contributed by atoms with van der Waals surface area (Å²) < 4.78 is 0.914. The first-order chi connectivity index (χ1) is 7.61. The van der Waals surface area contributed by atoms with Crippen molar-refractivity contribution in [3.05, 3.63) is 40.8 Å². The molecule has 0 aliphatic carbocycles. The van der Waals surface area contributed by atoms with Crippen molar-refractivity contribution in [3.8, 4) is 0 Å². The maximum absolute atomic E-state index is 11.9. The summed E-state index contributed by atoms with van der Waals surface area (Å²) in [5.41, 5.74) is -0.421. The highest BCUT2D eigenvalue weighted by molar-refractivity contribution is 5.80. The van der Waals surface area contributed by atoms with E-state index in [1.807, 2.05) is 0 Å². The van der Waals surface area contributed by atoms with E-state index in [-0.39, 0.29) is 0 Å². The van der Waals surface area contributed by atoms with E-state index in [9.17, 15) is 14.7 Å². The molecular weight excluding hydrogens is 208 g/mol. The largest absolute Gasteiger partial charge is 0.548 e. The Labute approximate surface area is 90.9 Å². The summed E-state index contributed by atoms with van der Waals surface area (Å²) in [6.07, 6.45) is 1.47. The Balaban J connectivity index is 2.70. The molecule has 5 nitrogen and oxygen atoms in total. The average Bonchev–Trinajstić information content (AvgIpc) is 2.29. The van der Waals surface area contributed by atoms with E-state index >= 15 is 0 Å². The minimum absolute atomic E-state index is 0.421. The van der Waals surface area contributed by atoms with Crippen molar-refractivity contribution in [2.24, 2.45) is 0 Å². The molecule has 0 aliphatic heterocycles. The van der Waals surface area contributed by atoms with Crippen LogP contribution in [-0.2, 0) is 4.79 Å². The highest BCUT2D eigenvalue weighted by Crippen LogP contribution is 2.08. The summed E-state index contributed by atoms with van der Waals surface area (Å²) in [6, 6.07) is 5.82. The Hall–Kier alpha value is -2.17. The van der Waals surface area contributed by atoms with E-state index in [1.54, 1.807) is 24.3 Å². The van der Waals surface area contributed by atoms with Crippen LogP contribution in [0, 0.1) is 0 Å². The number of fused-ring (bicyclic) bond motifs is 1. The van der Waals surface area contributed by atoms with Gasteiger partial charge in [0.15, 0.2) is 0 Å². The van der Waals surface area contributed by atoms with Crippen LogP contribution in [0.2, 0.25) is 0 Å². The Kier molecular flexibility index (Phi) is 2.44. The second kappa shape index (κ2) is 3.77. The van der Waals surface area contributed by atoms with Crippen molar-refractivity contribution in [1.29, 1.82) is 0 Å². The lowest BCUT2D eigenvalue weighted by Crippen LogP contribution is -2.37. The number of carbonyl (C=O) groups is 1. The molecule has 0 aliphatic rings. The second-order valence-corrected chi connectivity index (χ2v) is 3.48. The molecule has 0 fully saturated rings. The van der Waals surface area contributed by atoms with Gasteiger partial charge in [-0.25, -0.2) is 4.68 Å². The van der Waals surface area contributed by atoms with Crippen LogP contribution in [0.15, 0.2) is 35.3 Å². The van der Waals surface area contributed by atoms with Gasteiger partial charge in [-0.3, -0.25) is 4.79 Å². The molecule has 0 spiro atoms. The van der Waals surface area contributed by atoms with Crippen LogP contribution in [0.5, 0.6) is 0 Å². The Morgan fingerprint density at radius 2 is 2.12 bits per heavy atom. The predicted molar refractivity (Wildman–Crippen MR) is 55.7 cm³/mol. The lowest BCUT2D eigenvalue weighted by molar-refractivity contribution is -0.310. The number of aliphatic carboxylic acids is 1. The molecule has 1 atom stereocenters. The third kappa shape index (κ3) is 1.56. The Bertz CT molecular complexity index is 603. The number of carboxylic acids is 1. The average molecular weight is 217 g/mol. The number of hydrogen-bond acceptors (Lipinski definition) is 4. The summed E-state index contributed by atoms with van der Waals surface area (Å²) in [5, 5.41) is 15.6. The second-order valence-electron chi connectivity index (χ2n) is 3.48. The van der Waals surface area contributed by atoms with Crippen LogP contribution >= 0.6 is 0 Å². The number of benzene rings is 1. The fourth-order valence-corrected chi connectivity index (χ4v) is 1.48. The van der Waals surface area contributed by atoms with E-state index in [0.29, 0.717) is 10.8 Å². The summed E-state index contributed by atoms with van der Waals surface area (Å²) in [7, 11) is 0. The van der Waals surface area contributed by atoms with Gasteiger partial charge >= 0.3 is 0 Å². The van der Waals surface area contributed by atoms with Crippen LogP contribution in [0.3, 0.4) is 0 Å². The topological polar surface area (TPSA) is 75.0 Å². The predicted octanol–water partition coefficient (Wildman–Crippen LogP) is -0.293. The van der Waals surface area contributed by atoms with Gasteiger partial charge in [-0.2, -0.15) is 5.10 Å². The monoisotopic (exact) mass is 217 g/mol. The Morgan fingerprint density at radius 1 is 1.44 bits per heavy atom.